The van der Waals surface area contributed by atoms with E-state index in [1.165, 1.54) is 14.1 Å². The number of sulfonamides is 1. The van der Waals surface area contributed by atoms with E-state index >= 15 is 0 Å². The second kappa shape index (κ2) is 10.6. The number of rotatable bonds is 10. The molecule has 32 heavy (non-hydrogen) atoms. The van der Waals surface area contributed by atoms with Crippen molar-refractivity contribution in [2.45, 2.75) is 17.9 Å². The molecule has 170 valence electrons. The summed E-state index contributed by atoms with van der Waals surface area (Å²) >= 11 is 1.58. The van der Waals surface area contributed by atoms with E-state index in [2.05, 4.69) is 16.0 Å². The largest absolute Gasteiger partial charge is 0.384 e. The van der Waals surface area contributed by atoms with E-state index in [0.717, 1.165) is 20.4 Å². The quantitative estimate of drug-likeness (QED) is 0.418. The molecule has 0 fully saturated rings. The Morgan fingerprint density at radius 1 is 1.00 bits per heavy atom. The predicted octanol–water partition coefficient (Wildman–Crippen LogP) is 3.75. The highest BCUT2D eigenvalue weighted by atomic mass is 32.2. The van der Waals surface area contributed by atoms with Crippen LogP contribution in [0.1, 0.15) is 23.4 Å². The van der Waals surface area contributed by atoms with Crippen molar-refractivity contribution in [1.82, 2.24) is 9.62 Å². The summed E-state index contributed by atoms with van der Waals surface area (Å²) in [7, 11) is -0.611. The summed E-state index contributed by atoms with van der Waals surface area (Å²) < 4.78 is 26.2. The Kier molecular flexibility index (Phi) is 7.89. The van der Waals surface area contributed by atoms with Crippen molar-refractivity contribution in [2.24, 2.45) is 0 Å². The first-order chi connectivity index (χ1) is 15.3. The molecule has 3 rings (SSSR count). The van der Waals surface area contributed by atoms with Gasteiger partial charge in [0, 0.05) is 25.5 Å². The van der Waals surface area contributed by atoms with Crippen LogP contribution < -0.4 is 16.0 Å². The van der Waals surface area contributed by atoms with Crippen LogP contribution in [0.25, 0.3) is 0 Å². The normalized spacial score (nSPS) is 12.4. The number of nitrogens with one attached hydrogen (secondary N) is 3. The van der Waals surface area contributed by atoms with E-state index < -0.39 is 10.0 Å². The van der Waals surface area contributed by atoms with Gasteiger partial charge in [0.2, 0.25) is 15.9 Å². The molecule has 1 unspecified atom stereocenters. The molecule has 0 aliphatic carbocycles. The Morgan fingerprint density at radius 2 is 1.75 bits per heavy atom. The maximum absolute atomic E-state index is 12.8. The van der Waals surface area contributed by atoms with Crippen LogP contribution in [0.3, 0.4) is 0 Å². The molecule has 0 aliphatic rings. The van der Waals surface area contributed by atoms with Gasteiger partial charge in [-0.1, -0.05) is 36.4 Å². The minimum atomic E-state index is -3.59. The molecule has 3 aromatic rings. The van der Waals surface area contributed by atoms with E-state index in [4.69, 9.17) is 0 Å². The van der Waals surface area contributed by atoms with Crippen LogP contribution in [0.2, 0.25) is 0 Å². The van der Waals surface area contributed by atoms with Crippen molar-refractivity contribution in [3.05, 3.63) is 76.5 Å². The lowest BCUT2D eigenvalue weighted by atomic mass is 10.1. The maximum atomic E-state index is 12.8. The number of anilines is 2. The summed E-state index contributed by atoms with van der Waals surface area (Å²) in [5.74, 6) is -0.199. The van der Waals surface area contributed by atoms with Crippen LogP contribution in [0.15, 0.2) is 70.9 Å². The van der Waals surface area contributed by atoms with Crippen LogP contribution in [0.5, 0.6) is 0 Å². The molecule has 0 aliphatic heterocycles. The first kappa shape index (κ1) is 23.8. The number of carbonyl (C=O) groups is 1. The van der Waals surface area contributed by atoms with E-state index in [-0.39, 0.29) is 23.4 Å². The summed E-state index contributed by atoms with van der Waals surface area (Å²) in [6, 6.07) is 18.3. The van der Waals surface area contributed by atoms with Crippen molar-refractivity contribution in [2.75, 3.05) is 37.8 Å². The minimum Gasteiger partial charge on any atom is -0.384 e. The molecular weight excluding hydrogens is 444 g/mol. The topological polar surface area (TPSA) is 90.5 Å². The van der Waals surface area contributed by atoms with Gasteiger partial charge in [0.05, 0.1) is 28.9 Å². The molecule has 7 nitrogen and oxygen atoms in total. The molecular formula is C23H28N4O3S2. The van der Waals surface area contributed by atoms with Crippen LogP contribution in [-0.4, -0.2) is 45.8 Å². The molecule has 0 bridgehead atoms. The Labute approximate surface area is 193 Å². The number of thiophene rings is 1. The Morgan fingerprint density at radius 3 is 2.38 bits per heavy atom. The van der Waals surface area contributed by atoms with Gasteiger partial charge in [-0.3, -0.25) is 4.79 Å². The molecule has 1 amide bonds. The van der Waals surface area contributed by atoms with Crippen LogP contribution in [0, 0.1) is 0 Å². The zero-order valence-electron chi connectivity index (χ0n) is 18.3. The van der Waals surface area contributed by atoms with Crippen molar-refractivity contribution < 1.29 is 13.2 Å². The van der Waals surface area contributed by atoms with Gasteiger partial charge in [0.1, 0.15) is 0 Å². The van der Waals surface area contributed by atoms with E-state index in [9.17, 15) is 13.2 Å². The fourth-order valence-electron chi connectivity index (χ4n) is 3.19. The van der Waals surface area contributed by atoms with Gasteiger partial charge in [-0.05, 0) is 42.1 Å². The molecule has 2 aromatic carbocycles. The van der Waals surface area contributed by atoms with E-state index in [1.54, 1.807) is 29.5 Å². The van der Waals surface area contributed by atoms with Gasteiger partial charge < -0.3 is 16.0 Å². The number of carbonyl (C=O) groups excluding carboxylic acids is 1. The fraction of sp³-hybridized carbons (Fsp3) is 0.261. The van der Waals surface area contributed by atoms with Crippen LogP contribution >= 0.6 is 11.3 Å². The summed E-state index contributed by atoms with van der Waals surface area (Å²) in [5.41, 5.74) is 2.28. The van der Waals surface area contributed by atoms with E-state index in [0.29, 0.717) is 12.2 Å². The smallest absolute Gasteiger partial charge is 0.242 e. The highest BCUT2D eigenvalue weighted by molar-refractivity contribution is 7.89. The number of hydrogen-bond acceptors (Lipinski definition) is 6. The van der Waals surface area contributed by atoms with Crippen molar-refractivity contribution in [3.63, 3.8) is 0 Å². The monoisotopic (exact) mass is 472 g/mol. The van der Waals surface area contributed by atoms with Gasteiger partial charge in [0.25, 0.3) is 0 Å². The van der Waals surface area contributed by atoms with Gasteiger partial charge in [-0.15, -0.1) is 11.3 Å². The minimum absolute atomic E-state index is 0.00142. The first-order valence-corrected chi connectivity index (χ1v) is 12.6. The van der Waals surface area contributed by atoms with Gasteiger partial charge in [-0.25, -0.2) is 12.7 Å². The van der Waals surface area contributed by atoms with Crippen molar-refractivity contribution in [3.8, 4) is 0 Å². The molecule has 0 radical (unpaired) electrons. The molecule has 1 aromatic heterocycles. The molecule has 3 N–H and O–H groups in total. The number of benzene rings is 2. The van der Waals surface area contributed by atoms with Crippen molar-refractivity contribution in [1.29, 1.82) is 0 Å². The Hall–Kier alpha value is -2.88. The lowest BCUT2D eigenvalue weighted by molar-refractivity contribution is -0.119. The van der Waals surface area contributed by atoms with Gasteiger partial charge in [0.15, 0.2) is 0 Å². The lowest BCUT2D eigenvalue weighted by Crippen LogP contribution is -2.33. The summed E-state index contributed by atoms with van der Waals surface area (Å²) in [5, 5.41) is 11.4. The lowest BCUT2D eigenvalue weighted by Gasteiger charge is -2.20. The van der Waals surface area contributed by atoms with Crippen LogP contribution in [0.4, 0.5) is 11.4 Å². The van der Waals surface area contributed by atoms with Crippen molar-refractivity contribution >= 4 is 38.6 Å². The average molecular weight is 473 g/mol. The third-order valence-corrected chi connectivity index (χ3v) is 7.59. The SMILES string of the molecule is CCNc1ccc(S(=O)(=O)N(C)C)cc1NCC(=O)NC(c1ccccc1)c1cccs1. The fourth-order valence-corrected chi connectivity index (χ4v) is 4.92. The van der Waals surface area contributed by atoms with Crippen LogP contribution in [-0.2, 0) is 14.8 Å². The second-order valence-corrected chi connectivity index (χ2v) is 10.4. The first-order valence-electron chi connectivity index (χ1n) is 10.2. The average Bonchev–Trinajstić information content (AvgIpc) is 3.32. The molecule has 0 saturated carbocycles. The molecule has 1 heterocycles. The summed E-state index contributed by atoms with van der Waals surface area (Å²) in [6.45, 7) is 2.61. The van der Waals surface area contributed by atoms with Gasteiger partial charge in [-0.2, -0.15) is 0 Å². The van der Waals surface area contributed by atoms with Gasteiger partial charge >= 0.3 is 0 Å². The standard InChI is InChI=1S/C23H28N4O3S2/c1-4-24-19-13-12-18(32(29,30)27(2)3)15-20(19)25-16-22(28)26-23(21-11-8-14-31-21)17-9-6-5-7-10-17/h5-15,23-25H,4,16H2,1-3H3,(H,26,28). The predicted molar refractivity (Wildman–Crippen MR) is 131 cm³/mol. The Bertz CT molecular complexity index is 1130. The third-order valence-electron chi connectivity index (χ3n) is 4.84. The molecule has 9 heteroatoms. The third kappa shape index (κ3) is 5.67. The number of hydrogen-bond donors (Lipinski definition) is 3. The summed E-state index contributed by atoms with van der Waals surface area (Å²) in [6.07, 6.45) is 0. The number of amides is 1. The molecule has 0 spiro atoms. The maximum Gasteiger partial charge on any atom is 0.242 e. The summed E-state index contributed by atoms with van der Waals surface area (Å²) in [4.78, 5) is 14.0. The highest BCUT2D eigenvalue weighted by Crippen LogP contribution is 2.28. The molecule has 0 saturated heterocycles. The van der Waals surface area contributed by atoms with E-state index in [1.807, 2.05) is 54.8 Å². The second-order valence-electron chi connectivity index (χ2n) is 7.31. The Balaban J connectivity index is 1.78. The highest BCUT2D eigenvalue weighted by Gasteiger charge is 2.20. The number of nitrogens with zero attached hydrogens (tertiary/aromatic N) is 1. The zero-order valence-corrected chi connectivity index (χ0v) is 20.0. The zero-order chi connectivity index (χ0) is 23.1. The molecule has 1 atom stereocenters.